The van der Waals surface area contributed by atoms with Crippen LogP contribution in [0, 0.1) is 5.82 Å². The third kappa shape index (κ3) is 4.03. The van der Waals surface area contributed by atoms with Gasteiger partial charge < -0.3 is 15.8 Å². The highest BCUT2D eigenvalue weighted by Crippen LogP contribution is 2.13. The first-order valence-electron chi connectivity index (χ1n) is 6.50. The van der Waals surface area contributed by atoms with Gasteiger partial charge in [-0.05, 0) is 29.3 Å². The summed E-state index contributed by atoms with van der Waals surface area (Å²) < 4.78 is 18.0. The van der Waals surface area contributed by atoms with Crippen molar-refractivity contribution in [2.24, 2.45) is 0 Å². The van der Waals surface area contributed by atoms with E-state index < -0.39 is 5.82 Å². The van der Waals surface area contributed by atoms with Crippen molar-refractivity contribution < 1.29 is 13.9 Å². The third-order valence-electron chi connectivity index (χ3n) is 3.01. The first-order chi connectivity index (χ1) is 10.1. The number of methoxy groups -OCH3 is 1. The van der Waals surface area contributed by atoms with Crippen molar-refractivity contribution in [3.63, 3.8) is 0 Å². The Morgan fingerprint density at radius 3 is 2.71 bits per heavy atom. The molecule has 0 saturated carbocycles. The fourth-order valence-corrected chi connectivity index (χ4v) is 2.01. The molecule has 2 aromatic carbocycles. The van der Waals surface area contributed by atoms with Gasteiger partial charge in [-0.1, -0.05) is 24.3 Å². The SMILES string of the molecule is COCc1cccc(CNC(=O)c2ccc(F)cc2N)c1. The molecule has 0 saturated heterocycles. The van der Waals surface area contributed by atoms with Gasteiger partial charge in [0.2, 0.25) is 0 Å². The maximum absolute atomic E-state index is 13.0. The third-order valence-corrected chi connectivity index (χ3v) is 3.01. The molecule has 0 aromatic heterocycles. The second-order valence-electron chi connectivity index (χ2n) is 4.67. The monoisotopic (exact) mass is 288 g/mol. The first kappa shape index (κ1) is 15.0. The molecule has 21 heavy (non-hydrogen) atoms. The van der Waals surface area contributed by atoms with Crippen LogP contribution < -0.4 is 11.1 Å². The van der Waals surface area contributed by atoms with Gasteiger partial charge in [-0.15, -0.1) is 0 Å². The van der Waals surface area contributed by atoms with E-state index in [1.54, 1.807) is 7.11 Å². The Hall–Kier alpha value is -2.40. The molecule has 0 atom stereocenters. The molecule has 110 valence electrons. The van der Waals surface area contributed by atoms with Gasteiger partial charge in [0.15, 0.2) is 0 Å². The highest BCUT2D eigenvalue weighted by molar-refractivity contribution is 5.99. The zero-order chi connectivity index (χ0) is 15.2. The lowest BCUT2D eigenvalue weighted by molar-refractivity contribution is 0.0951. The van der Waals surface area contributed by atoms with E-state index in [1.807, 2.05) is 24.3 Å². The van der Waals surface area contributed by atoms with Crippen LogP contribution in [-0.2, 0) is 17.9 Å². The minimum absolute atomic E-state index is 0.126. The van der Waals surface area contributed by atoms with Gasteiger partial charge in [-0.3, -0.25) is 4.79 Å². The number of hydrogen-bond donors (Lipinski definition) is 2. The van der Waals surface area contributed by atoms with Crippen LogP contribution in [0.15, 0.2) is 42.5 Å². The van der Waals surface area contributed by atoms with Crippen molar-refractivity contribution >= 4 is 11.6 Å². The fourth-order valence-electron chi connectivity index (χ4n) is 2.01. The van der Waals surface area contributed by atoms with Gasteiger partial charge in [0.25, 0.3) is 5.91 Å². The number of ether oxygens (including phenoxy) is 1. The summed E-state index contributed by atoms with van der Waals surface area (Å²) >= 11 is 0. The van der Waals surface area contributed by atoms with Gasteiger partial charge in [0, 0.05) is 19.3 Å². The number of benzene rings is 2. The van der Waals surface area contributed by atoms with Gasteiger partial charge in [0.1, 0.15) is 5.82 Å². The molecule has 5 heteroatoms. The van der Waals surface area contributed by atoms with Crippen LogP contribution in [0.25, 0.3) is 0 Å². The predicted molar refractivity (Wildman–Crippen MR) is 79.1 cm³/mol. The molecule has 0 heterocycles. The zero-order valence-corrected chi connectivity index (χ0v) is 11.7. The highest BCUT2D eigenvalue weighted by Gasteiger charge is 2.10. The maximum atomic E-state index is 13.0. The summed E-state index contributed by atoms with van der Waals surface area (Å²) in [5.74, 6) is -0.791. The second-order valence-corrected chi connectivity index (χ2v) is 4.67. The van der Waals surface area contributed by atoms with E-state index in [0.29, 0.717) is 13.2 Å². The van der Waals surface area contributed by atoms with E-state index in [4.69, 9.17) is 10.5 Å². The van der Waals surface area contributed by atoms with Crippen molar-refractivity contribution in [3.05, 3.63) is 65.0 Å². The van der Waals surface area contributed by atoms with Crippen LogP contribution >= 0.6 is 0 Å². The van der Waals surface area contributed by atoms with Crippen molar-refractivity contribution in [1.29, 1.82) is 0 Å². The summed E-state index contributed by atoms with van der Waals surface area (Å²) in [6.07, 6.45) is 0. The van der Waals surface area contributed by atoms with Gasteiger partial charge in [-0.2, -0.15) is 0 Å². The topological polar surface area (TPSA) is 64.3 Å². The lowest BCUT2D eigenvalue weighted by Gasteiger charge is -2.09. The molecule has 0 spiro atoms. The molecule has 0 bridgehead atoms. The molecule has 0 aliphatic carbocycles. The quantitative estimate of drug-likeness (QED) is 0.831. The van der Waals surface area contributed by atoms with Crippen molar-refractivity contribution in [2.45, 2.75) is 13.2 Å². The largest absolute Gasteiger partial charge is 0.398 e. The summed E-state index contributed by atoms with van der Waals surface area (Å²) in [6, 6.07) is 11.4. The summed E-state index contributed by atoms with van der Waals surface area (Å²) in [4.78, 5) is 12.0. The van der Waals surface area contributed by atoms with E-state index >= 15 is 0 Å². The molecular formula is C16H17FN2O2. The number of nitrogens with two attached hydrogens (primary N) is 1. The Balaban J connectivity index is 2.02. The Morgan fingerprint density at radius 1 is 1.24 bits per heavy atom. The normalized spacial score (nSPS) is 10.4. The minimum atomic E-state index is -0.462. The molecule has 2 rings (SSSR count). The van der Waals surface area contributed by atoms with Crippen LogP contribution in [-0.4, -0.2) is 13.0 Å². The van der Waals surface area contributed by atoms with Crippen molar-refractivity contribution in [1.82, 2.24) is 5.32 Å². The molecule has 0 unspecified atom stereocenters. The van der Waals surface area contributed by atoms with E-state index in [-0.39, 0.29) is 17.2 Å². The van der Waals surface area contributed by atoms with Crippen LogP contribution in [0.5, 0.6) is 0 Å². The lowest BCUT2D eigenvalue weighted by Crippen LogP contribution is -2.23. The molecule has 2 aromatic rings. The number of halogens is 1. The number of carbonyl (C=O) groups is 1. The minimum Gasteiger partial charge on any atom is -0.398 e. The second kappa shape index (κ2) is 6.85. The van der Waals surface area contributed by atoms with Crippen LogP contribution in [0.1, 0.15) is 21.5 Å². The highest BCUT2D eigenvalue weighted by atomic mass is 19.1. The van der Waals surface area contributed by atoms with E-state index in [1.165, 1.54) is 12.1 Å². The van der Waals surface area contributed by atoms with E-state index in [0.717, 1.165) is 17.2 Å². The summed E-state index contributed by atoms with van der Waals surface area (Å²) in [7, 11) is 1.63. The molecular weight excluding hydrogens is 271 g/mol. The average Bonchev–Trinajstić information content (AvgIpc) is 2.45. The van der Waals surface area contributed by atoms with Gasteiger partial charge >= 0.3 is 0 Å². The lowest BCUT2D eigenvalue weighted by atomic mass is 10.1. The zero-order valence-electron chi connectivity index (χ0n) is 11.7. The molecule has 4 nitrogen and oxygen atoms in total. The maximum Gasteiger partial charge on any atom is 0.253 e. The molecule has 0 radical (unpaired) electrons. The summed E-state index contributed by atoms with van der Waals surface area (Å²) in [5, 5.41) is 2.76. The van der Waals surface area contributed by atoms with Crippen molar-refractivity contribution in [3.8, 4) is 0 Å². The number of nitrogens with one attached hydrogen (secondary N) is 1. The molecule has 0 aliphatic rings. The van der Waals surface area contributed by atoms with Gasteiger partial charge in [-0.25, -0.2) is 4.39 Å². The number of rotatable bonds is 5. The number of amides is 1. The van der Waals surface area contributed by atoms with Crippen molar-refractivity contribution in [2.75, 3.05) is 12.8 Å². The van der Waals surface area contributed by atoms with Gasteiger partial charge in [0.05, 0.1) is 12.2 Å². The predicted octanol–water partition coefficient (Wildman–Crippen LogP) is 2.48. The number of nitrogen functional groups attached to an aromatic ring is 1. The Morgan fingerprint density at radius 2 is 2.00 bits per heavy atom. The standard InChI is InChI=1S/C16H17FN2O2/c1-21-10-12-4-2-3-11(7-12)9-19-16(20)14-6-5-13(17)8-15(14)18/h2-8H,9-10,18H2,1H3,(H,19,20). The average molecular weight is 288 g/mol. The number of anilines is 1. The van der Waals surface area contributed by atoms with Crippen LogP contribution in [0.4, 0.5) is 10.1 Å². The van der Waals surface area contributed by atoms with Crippen LogP contribution in [0.3, 0.4) is 0 Å². The molecule has 3 N–H and O–H groups in total. The summed E-state index contributed by atoms with van der Waals surface area (Å²) in [6.45, 7) is 0.889. The molecule has 1 amide bonds. The first-order valence-corrected chi connectivity index (χ1v) is 6.50. The van der Waals surface area contributed by atoms with E-state index in [9.17, 15) is 9.18 Å². The fraction of sp³-hybridized carbons (Fsp3) is 0.188. The molecule has 0 fully saturated rings. The Bertz CT molecular complexity index is 644. The Kier molecular flexibility index (Phi) is 4.90. The number of carbonyl (C=O) groups excluding carboxylic acids is 1. The molecule has 0 aliphatic heterocycles. The van der Waals surface area contributed by atoms with Crippen LogP contribution in [0.2, 0.25) is 0 Å². The van der Waals surface area contributed by atoms with E-state index in [2.05, 4.69) is 5.32 Å². The number of hydrogen-bond acceptors (Lipinski definition) is 3. The summed E-state index contributed by atoms with van der Waals surface area (Å²) in [5.41, 5.74) is 8.02. The Labute approximate surface area is 122 Å². The smallest absolute Gasteiger partial charge is 0.253 e.